The van der Waals surface area contributed by atoms with E-state index in [1.165, 1.54) is 30.6 Å². The van der Waals surface area contributed by atoms with Gasteiger partial charge in [-0.3, -0.25) is 14.6 Å². The molecule has 3 rings (SSSR count). The molecule has 1 saturated carbocycles. The molecule has 0 aliphatic heterocycles. The van der Waals surface area contributed by atoms with E-state index >= 15 is 0 Å². The van der Waals surface area contributed by atoms with Gasteiger partial charge in [0.2, 0.25) is 11.8 Å². The Morgan fingerprint density at radius 1 is 1.29 bits per heavy atom. The minimum absolute atomic E-state index is 0.0315. The van der Waals surface area contributed by atoms with Crippen LogP contribution < -0.4 is 21.7 Å². The summed E-state index contributed by atoms with van der Waals surface area (Å²) in [5, 5.41) is 8.04. The number of aromatic nitrogens is 1. The highest BCUT2D eigenvalue weighted by atomic mass is 35.5. The lowest BCUT2D eigenvalue weighted by Crippen LogP contribution is -2.49. The first-order chi connectivity index (χ1) is 18.0. The summed E-state index contributed by atoms with van der Waals surface area (Å²) in [6.45, 7) is 5.75. The molecule has 38 heavy (non-hydrogen) atoms. The highest BCUT2D eigenvalue weighted by Crippen LogP contribution is 2.38. The molecule has 13 heteroatoms. The Morgan fingerprint density at radius 2 is 2.03 bits per heavy atom. The van der Waals surface area contributed by atoms with Crippen LogP contribution in [0.15, 0.2) is 65.8 Å². The number of alkyl halides is 3. The van der Waals surface area contributed by atoms with Gasteiger partial charge in [0.1, 0.15) is 5.54 Å². The zero-order chi connectivity index (χ0) is 27.9. The lowest BCUT2D eigenvalue weighted by molar-refractivity contribution is -0.137. The van der Waals surface area contributed by atoms with Crippen molar-refractivity contribution >= 4 is 41.0 Å². The molecule has 1 fully saturated rings. The molecule has 0 bridgehead atoms. The van der Waals surface area contributed by atoms with E-state index < -0.39 is 29.1 Å². The minimum atomic E-state index is -4.59. The molecule has 0 radical (unpaired) electrons. The summed E-state index contributed by atoms with van der Waals surface area (Å²) in [5.41, 5.74) is 4.16. The van der Waals surface area contributed by atoms with Gasteiger partial charge in [-0.2, -0.15) is 13.2 Å². The van der Waals surface area contributed by atoms with Gasteiger partial charge in [0.15, 0.2) is 0 Å². The van der Waals surface area contributed by atoms with E-state index in [9.17, 15) is 22.8 Å². The lowest BCUT2D eigenvalue weighted by Gasteiger charge is -2.17. The second-order valence-electron chi connectivity index (χ2n) is 8.28. The van der Waals surface area contributed by atoms with E-state index in [-0.39, 0.29) is 28.7 Å². The molecule has 2 amide bonds. The van der Waals surface area contributed by atoms with Crippen LogP contribution in [0.2, 0.25) is 5.02 Å². The van der Waals surface area contributed by atoms with Crippen LogP contribution in [0.1, 0.15) is 31.0 Å². The highest BCUT2D eigenvalue weighted by Gasteiger charge is 2.51. The molecule has 1 aromatic carbocycles. The third-order valence-corrected chi connectivity index (χ3v) is 5.69. The maximum absolute atomic E-state index is 13.3. The van der Waals surface area contributed by atoms with E-state index in [2.05, 4.69) is 32.5 Å². The van der Waals surface area contributed by atoms with Crippen LogP contribution in [-0.2, 0) is 27.0 Å². The molecular weight excluding hydrogens is 525 g/mol. The average molecular weight is 551 g/mol. The second-order valence-corrected chi connectivity index (χ2v) is 8.71. The Bertz CT molecular complexity index is 1260. The zero-order valence-electron chi connectivity index (χ0n) is 20.4. The van der Waals surface area contributed by atoms with Crippen molar-refractivity contribution in [1.29, 1.82) is 0 Å². The fourth-order valence-electron chi connectivity index (χ4n) is 3.30. The lowest BCUT2D eigenvalue weighted by atomic mass is 10.1. The Morgan fingerprint density at radius 3 is 2.61 bits per heavy atom. The third kappa shape index (κ3) is 7.48. The molecule has 1 aromatic heterocycles. The van der Waals surface area contributed by atoms with Crippen molar-refractivity contribution in [3.05, 3.63) is 77.0 Å². The summed E-state index contributed by atoms with van der Waals surface area (Å²) in [6.07, 6.45) is -0.118. The molecule has 0 atom stereocenters. The Balaban J connectivity index is 1.57. The average Bonchev–Trinajstić information content (AvgIpc) is 3.65. The van der Waals surface area contributed by atoms with Crippen LogP contribution in [0.4, 0.5) is 24.5 Å². The first-order valence-corrected chi connectivity index (χ1v) is 11.8. The first kappa shape index (κ1) is 28.5. The van der Waals surface area contributed by atoms with Gasteiger partial charge in [-0.05, 0) is 56.7 Å². The van der Waals surface area contributed by atoms with E-state index in [1.807, 2.05) is 0 Å². The summed E-state index contributed by atoms with van der Waals surface area (Å²) >= 11 is 5.71. The second kappa shape index (κ2) is 12.0. The fraction of sp³-hybridized carbons (Fsp3) is 0.280. The fourth-order valence-corrected chi connectivity index (χ4v) is 3.48. The number of aliphatic imine (C=N–C) groups is 1. The van der Waals surface area contributed by atoms with Crippen LogP contribution in [0.25, 0.3) is 0 Å². The molecule has 202 valence electrons. The van der Waals surface area contributed by atoms with Crippen LogP contribution in [0, 0.1) is 0 Å². The molecule has 9 nitrogen and oxygen atoms in total. The van der Waals surface area contributed by atoms with Gasteiger partial charge in [-0.15, -0.1) is 0 Å². The van der Waals surface area contributed by atoms with Gasteiger partial charge in [0, 0.05) is 17.4 Å². The van der Waals surface area contributed by atoms with E-state index in [1.54, 1.807) is 13.0 Å². The summed E-state index contributed by atoms with van der Waals surface area (Å²) in [4.78, 5) is 33.4. The molecule has 5 N–H and O–H groups in total. The van der Waals surface area contributed by atoms with Crippen LogP contribution in [0.3, 0.4) is 0 Å². The number of benzene rings is 1. The predicted molar refractivity (Wildman–Crippen MR) is 137 cm³/mol. The van der Waals surface area contributed by atoms with Crippen molar-refractivity contribution in [2.75, 3.05) is 11.9 Å². The number of amides is 2. The number of nitrogens with one attached hydrogen (secondary N) is 3. The number of hydrogen-bond acceptors (Lipinski definition) is 7. The van der Waals surface area contributed by atoms with Gasteiger partial charge >= 0.3 is 6.18 Å². The van der Waals surface area contributed by atoms with E-state index in [4.69, 9.17) is 22.1 Å². The molecule has 1 aliphatic rings. The van der Waals surface area contributed by atoms with E-state index in [0.29, 0.717) is 30.8 Å². The van der Waals surface area contributed by atoms with E-state index in [0.717, 1.165) is 12.3 Å². The topological polar surface area (TPSA) is 131 Å². The summed E-state index contributed by atoms with van der Waals surface area (Å²) in [7, 11) is 0. The smallest absolute Gasteiger partial charge is 0.418 e. The Kier molecular flexibility index (Phi) is 9.00. The predicted octanol–water partition coefficient (Wildman–Crippen LogP) is 4.18. The summed E-state index contributed by atoms with van der Waals surface area (Å²) in [5.74, 6) is -0.874. The Labute approximate surface area is 222 Å². The van der Waals surface area contributed by atoms with Crippen LogP contribution >= 0.6 is 11.6 Å². The number of carbonyl (C=O) groups excluding carboxylic acids is 2. The summed E-state index contributed by atoms with van der Waals surface area (Å²) < 4.78 is 45.0. The molecule has 1 heterocycles. The Hall–Kier alpha value is -4.06. The molecule has 2 aromatic rings. The molecule has 1 aliphatic carbocycles. The first-order valence-electron chi connectivity index (χ1n) is 11.4. The number of ether oxygens (including phenoxy) is 1. The van der Waals surface area contributed by atoms with Gasteiger partial charge in [0.05, 0.1) is 47.6 Å². The van der Waals surface area contributed by atoms with Crippen molar-refractivity contribution in [3.63, 3.8) is 0 Å². The number of halogens is 4. The summed E-state index contributed by atoms with van der Waals surface area (Å²) in [6, 6.07) is 6.51. The van der Waals surface area contributed by atoms with Crippen molar-refractivity contribution in [2.45, 2.75) is 38.0 Å². The third-order valence-electron chi connectivity index (χ3n) is 5.46. The molecule has 0 unspecified atom stereocenters. The number of rotatable bonds is 11. The number of pyridine rings is 1. The number of nitrogens with zero attached hydrogens (tertiary/aromatic N) is 2. The zero-order valence-corrected chi connectivity index (χ0v) is 21.1. The monoisotopic (exact) mass is 550 g/mol. The number of nitrogens with two attached hydrogens (primary N) is 1. The largest absolute Gasteiger partial charge is 0.478 e. The van der Waals surface area contributed by atoms with Crippen molar-refractivity contribution in [2.24, 2.45) is 10.7 Å². The maximum Gasteiger partial charge on any atom is 0.418 e. The molecule has 0 spiro atoms. The van der Waals surface area contributed by atoms with Gasteiger partial charge in [0.25, 0.3) is 5.91 Å². The molecular formula is C25H26ClF3N6O3. The standard InChI is InChI=1S/C25H26ClF3N6O3/c1-3-38-15(2)31-12-16(11-30)22(36)35-24(8-9-24)23(37)33-13-18-5-6-19(14-32-18)34-21-7-4-17(26)10-20(21)25(27,28)29/h4-7,10-12,14,34H,2-3,8-9,13,30H2,1H3,(H,33,37)(H,35,36)/b16-11+,31-12-. The quantitative estimate of drug-likeness (QED) is 0.189. The number of carbonyl (C=O) groups is 2. The van der Waals surface area contributed by atoms with Crippen molar-refractivity contribution < 1.29 is 27.5 Å². The van der Waals surface area contributed by atoms with Crippen LogP contribution in [-0.4, -0.2) is 35.2 Å². The SMILES string of the molecule is C=C(/N=C\C(=C/N)C(=O)NC1(C(=O)NCc2ccc(Nc3ccc(Cl)cc3C(F)(F)F)cn2)CC1)OCC. The van der Waals surface area contributed by atoms with Crippen LogP contribution in [0.5, 0.6) is 0 Å². The van der Waals surface area contributed by atoms with Gasteiger partial charge < -0.3 is 26.4 Å². The number of anilines is 2. The van der Waals surface area contributed by atoms with Crippen molar-refractivity contribution in [1.82, 2.24) is 15.6 Å². The normalized spacial score (nSPS) is 14.6. The maximum atomic E-state index is 13.3. The van der Waals surface area contributed by atoms with Gasteiger partial charge in [-0.25, -0.2) is 4.99 Å². The van der Waals surface area contributed by atoms with Gasteiger partial charge in [-0.1, -0.05) is 11.6 Å². The molecule has 0 saturated heterocycles. The highest BCUT2D eigenvalue weighted by molar-refractivity contribution is 6.30. The van der Waals surface area contributed by atoms with Crippen molar-refractivity contribution in [3.8, 4) is 0 Å². The minimum Gasteiger partial charge on any atom is -0.478 e. The number of hydrogen-bond donors (Lipinski definition) is 4.